The highest BCUT2D eigenvalue weighted by Crippen LogP contribution is 2.30. The van der Waals surface area contributed by atoms with Gasteiger partial charge in [-0.2, -0.15) is 9.98 Å². The molecule has 4 nitrogen and oxygen atoms in total. The van der Waals surface area contributed by atoms with Crippen molar-refractivity contribution in [3.8, 4) is 0 Å². The molecule has 4 heteroatoms. The second-order valence-electron chi connectivity index (χ2n) is 5.46. The molecule has 0 saturated heterocycles. The van der Waals surface area contributed by atoms with Gasteiger partial charge < -0.3 is 0 Å². The monoisotopic (exact) mass is 330 g/mol. The van der Waals surface area contributed by atoms with Crippen LogP contribution < -0.4 is 0 Å². The Bertz CT molecular complexity index is 856. The van der Waals surface area contributed by atoms with E-state index in [9.17, 15) is 9.59 Å². The molecule has 0 amide bonds. The van der Waals surface area contributed by atoms with Crippen molar-refractivity contribution >= 4 is 23.5 Å². The first-order chi connectivity index (χ1) is 12.2. The molecule has 0 aliphatic carbocycles. The summed E-state index contributed by atoms with van der Waals surface area (Å²) < 4.78 is 0. The van der Waals surface area contributed by atoms with Gasteiger partial charge in [-0.25, -0.2) is 9.59 Å². The van der Waals surface area contributed by atoms with Crippen molar-refractivity contribution in [3.63, 3.8) is 0 Å². The molecule has 0 N–H and O–H groups in total. The van der Waals surface area contributed by atoms with Crippen LogP contribution in [0.1, 0.15) is 22.3 Å². The molecule has 0 heterocycles. The predicted octanol–water partition coefficient (Wildman–Crippen LogP) is 4.67. The molecule has 0 saturated carbocycles. The van der Waals surface area contributed by atoms with Crippen LogP contribution in [0.25, 0.3) is 0 Å². The second-order valence-corrected chi connectivity index (χ2v) is 5.46. The number of benzene rings is 2. The Kier molecular flexibility index (Phi) is 6.56. The molecule has 2 aromatic carbocycles. The fourth-order valence-corrected chi connectivity index (χ4v) is 2.78. The summed E-state index contributed by atoms with van der Waals surface area (Å²) in [5, 5.41) is 0. The van der Waals surface area contributed by atoms with E-state index >= 15 is 0 Å². The van der Waals surface area contributed by atoms with E-state index in [-0.39, 0.29) is 0 Å². The molecule has 0 spiro atoms. The minimum Gasteiger partial charge on any atom is -0.211 e. The Morgan fingerprint density at radius 2 is 1.48 bits per heavy atom. The topological polar surface area (TPSA) is 58.9 Å². The van der Waals surface area contributed by atoms with Crippen LogP contribution in [0.15, 0.2) is 71.7 Å². The van der Waals surface area contributed by atoms with E-state index in [1.165, 1.54) is 0 Å². The summed E-state index contributed by atoms with van der Waals surface area (Å²) in [7, 11) is 0. The van der Waals surface area contributed by atoms with Crippen molar-refractivity contribution < 1.29 is 9.59 Å². The van der Waals surface area contributed by atoms with Crippen LogP contribution in [-0.2, 0) is 28.9 Å². The number of para-hydroxylation sites is 1. The summed E-state index contributed by atoms with van der Waals surface area (Å²) in [6.45, 7) is 7.53. The van der Waals surface area contributed by atoms with Crippen LogP contribution >= 0.6 is 0 Å². The molecular weight excluding hydrogens is 312 g/mol. The zero-order valence-electron chi connectivity index (χ0n) is 13.9. The number of allylic oxidation sites excluding steroid dienone is 2. The molecule has 0 aromatic heterocycles. The molecule has 2 aromatic rings. The maximum absolute atomic E-state index is 10.8. The van der Waals surface area contributed by atoms with Crippen LogP contribution in [0.2, 0.25) is 0 Å². The SMILES string of the molecule is C=CCc1cc(Cc2ccccc2N=C=O)cc(CC=C)c1N=C=O. The van der Waals surface area contributed by atoms with Crippen LogP contribution in [0, 0.1) is 0 Å². The summed E-state index contributed by atoms with van der Waals surface area (Å²) in [4.78, 5) is 29.0. The van der Waals surface area contributed by atoms with Crippen molar-refractivity contribution in [1.29, 1.82) is 0 Å². The van der Waals surface area contributed by atoms with E-state index < -0.39 is 0 Å². The molecule has 0 bridgehead atoms. The third kappa shape index (κ3) is 4.58. The minimum atomic E-state index is 0.590. The Morgan fingerprint density at radius 1 is 0.880 bits per heavy atom. The van der Waals surface area contributed by atoms with Gasteiger partial charge in [0.05, 0.1) is 11.4 Å². The van der Waals surface area contributed by atoms with Crippen molar-refractivity contribution in [3.05, 3.63) is 84.0 Å². The highest BCUT2D eigenvalue weighted by molar-refractivity contribution is 5.62. The van der Waals surface area contributed by atoms with Crippen LogP contribution in [0.4, 0.5) is 11.4 Å². The van der Waals surface area contributed by atoms with Gasteiger partial charge in [0.1, 0.15) is 0 Å². The van der Waals surface area contributed by atoms with E-state index in [2.05, 4.69) is 23.1 Å². The minimum absolute atomic E-state index is 0.590. The molecule has 2 rings (SSSR count). The summed E-state index contributed by atoms with van der Waals surface area (Å²) in [5.74, 6) is 0. The van der Waals surface area contributed by atoms with E-state index in [1.54, 1.807) is 30.4 Å². The Hall–Kier alpha value is -3.32. The van der Waals surface area contributed by atoms with E-state index in [1.807, 2.05) is 30.3 Å². The zero-order valence-corrected chi connectivity index (χ0v) is 13.9. The lowest BCUT2D eigenvalue weighted by Gasteiger charge is -2.12. The van der Waals surface area contributed by atoms with Gasteiger partial charge in [-0.05, 0) is 47.6 Å². The normalized spacial score (nSPS) is 9.60. The van der Waals surface area contributed by atoms with Gasteiger partial charge in [0, 0.05) is 0 Å². The molecule has 0 atom stereocenters. The highest BCUT2D eigenvalue weighted by Gasteiger charge is 2.11. The lowest BCUT2D eigenvalue weighted by molar-refractivity contribution is 0.564. The lowest BCUT2D eigenvalue weighted by atomic mass is 9.94. The molecule has 0 unspecified atom stereocenters. The number of hydrogen-bond acceptors (Lipinski definition) is 4. The first kappa shape index (κ1) is 18.0. The smallest absolute Gasteiger partial charge is 0.211 e. The van der Waals surface area contributed by atoms with Crippen molar-refractivity contribution in [2.24, 2.45) is 9.98 Å². The summed E-state index contributed by atoms with van der Waals surface area (Å²) in [6.07, 6.45) is 8.53. The number of isocyanates is 2. The predicted molar refractivity (Wildman–Crippen MR) is 99.1 cm³/mol. The molecule has 0 radical (unpaired) electrons. The molecule has 0 aliphatic heterocycles. The lowest BCUT2D eigenvalue weighted by Crippen LogP contribution is -1.96. The van der Waals surface area contributed by atoms with Gasteiger partial charge in [-0.15, -0.1) is 13.2 Å². The van der Waals surface area contributed by atoms with Crippen molar-refractivity contribution in [2.45, 2.75) is 19.3 Å². The third-order valence-corrected chi connectivity index (χ3v) is 3.77. The van der Waals surface area contributed by atoms with Gasteiger partial charge in [-0.3, -0.25) is 0 Å². The first-order valence-corrected chi connectivity index (χ1v) is 7.83. The van der Waals surface area contributed by atoms with E-state index in [0.717, 1.165) is 22.3 Å². The number of carbonyl (C=O) groups excluding carboxylic acids is 2. The standard InChI is InChI=1S/C21H18N2O2/c1-3-7-18-12-16(13-19(8-4-2)21(18)23-15-25)11-17-9-5-6-10-20(17)22-14-24/h3-6,9-10,12-13H,1-2,7-8,11H2. The second kappa shape index (κ2) is 9.09. The highest BCUT2D eigenvalue weighted by atomic mass is 16.1. The van der Waals surface area contributed by atoms with Crippen LogP contribution in [0.5, 0.6) is 0 Å². The van der Waals surface area contributed by atoms with E-state index in [4.69, 9.17) is 0 Å². The number of rotatable bonds is 8. The van der Waals surface area contributed by atoms with Gasteiger partial charge in [0.15, 0.2) is 0 Å². The van der Waals surface area contributed by atoms with Gasteiger partial charge in [0.25, 0.3) is 0 Å². The van der Waals surface area contributed by atoms with Crippen molar-refractivity contribution in [2.75, 3.05) is 0 Å². The molecule has 0 fully saturated rings. The first-order valence-electron chi connectivity index (χ1n) is 7.83. The summed E-state index contributed by atoms with van der Waals surface area (Å²) in [5.41, 5.74) is 4.99. The maximum Gasteiger partial charge on any atom is 0.240 e. The summed E-state index contributed by atoms with van der Waals surface area (Å²) in [6, 6.07) is 11.4. The number of aliphatic imine (C=N–C) groups is 2. The van der Waals surface area contributed by atoms with Crippen molar-refractivity contribution in [1.82, 2.24) is 0 Å². The zero-order chi connectivity index (χ0) is 18.1. The fourth-order valence-electron chi connectivity index (χ4n) is 2.78. The Labute approximate surface area is 147 Å². The number of hydrogen-bond donors (Lipinski definition) is 0. The number of nitrogens with zero attached hydrogens (tertiary/aromatic N) is 2. The van der Waals surface area contributed by atoms with Crippen LogP contribution in [-0.4, -0.2) is 12.2 Å². The maximum atomic E-state index is 10.8. The van der Waals surface area contributed by atoms with Gasteiger partial charge >= 0.3 is 0 Å². The van der Waals surface area contributed by atoms with Crippen LogP contribution in [0.3, 0.4) is 0 Å². The average Bonchev–Trinajstić information content (AvgIpc) is 2.60. The Balaban J connectivity index is 2.54. The fraction of sp³-hybridized carbons (Fsp3) is 0.143. The quantitative estimate of drug-likeness (QED) is 0.401. The van der Waals surface area contributed by atoms with Gasteiger partial charge in [0.2, 0.25) is 12.2 Å². The molecule has 124 valence electrons. The molecule has 0 aliphatic rings. The average molecular weight is 330 g/mol. The largest absolute Gasteiger partial charge is 0.240 e. The van der Waals surface area contributed by atoms with Gasteiger partial charge in [-0.1, -0.05) is 42.5 Å². The molecular formula is C21H18N2O2. The van der Waals surface area contributed by atoms with E-state index in [0.29, 0.717) is 30.6 Å². The Morgan fingerprint density at radius 3 is 2.04 bits per heavy atom. The third-order valence-electron chi connectivity index (χ3n) is 3.77. The summed E-state index contributed by atoms with van der Waals surface area (Å²) >= 11 is 0. The molecule has 25 heavy (non-hydrogen) atoms.